The molecular weight excluding hydrogens is 174 g/mol. The van der Waals surface area contributed by atoms with Gasteiger partial charge >= 0.3 is 0 Å². The van der Waals surface area contributed by atoms with Gasteiger partial charge in [0.25, 0.3) is 0 Å². The van der Waals surface area contributed by atoms with Gasteiger partial charge in [0.05, 0.1) is 12.0 Å². The van der Waals surface area contributed by atoms with Crippen molar-refractivity contribution >= 4 is 16.5 Å². The van der Waals surface area contributed by atoms with E-state index in [1.54, 1.807) is 18.4 Å². The third-order valence-electron chi connectivity index (χ3n) is 1.41. The molecule has 0 atom stereocenters. The molecule has 4 nitrogen and oxygen atoms in total. The molecule has 1 rings (SSSR count). The van der Waals surface area contributed by atoms with Gasteiger partial charge in [0.15, 0.2) is 5.13 Å². The monoisotopic (exact) mass is 187 g/mol. The summed E-state index contributed by atoms with van der Waals surface area (Å²) in [6.07, 6.45) is 0. The second kappa shape index (κ2) is 3.73. The van der Waals surface area contributed by atoms with Gasteiger partial charge in [0.1, 0.15) is 0 Å². The number of hydrogen-bond donors (Lipinski definition) is 1. The van der Waals surface area contributed by atoms with Crippen LogP contribution in [-0.4, -0.2) is 26.2 Å². The van der Waals surface area contributed by atoms with E-state index in [1.165, 1.54) is 0 Å². The van der Waals surface area contributed by atoms with E-state index in [0.717, 1.165) is 10.0 Å². The van der Waals surface area contributed by atoms with Crippen LogP contribution in [0.4, 0.5) is 5.13 Å². The Bertz CT molecular complexity index is 238. The molecule has 0 aliphatic heterocycles. The fourth-order valence-corrected chi connectivity index (χ4v) is 1.64. The van der Waals surface area contributed by atoms with Crippen LogP contribution in [0.5, 0.6) is 5.88 Å². The van der Waals surface area contributed by atoms with Crippen LogP contribution < -0.4 is 15.4 Å². The summed E-state index contributed by atoms with van der Waals surface area (Å²) < 4.78 is 5.06. The van der Waals surface area contributed by atoms with Crippen molar-refractivity contribution in [2.24, 2.45) is 5.73 Å². The first-order valence-electron chi connectivity index (χ1n) is 3.60. The van der Waals surface area contributed by atoms with Gasteiger partial charge in [-0.15, -0.1) is 0 Å². The minimum absolute atomic E-state index is 0.481. The highest BCUT2D eigenvalue weighted by molar-refractivity contribution is 7.15. The Morgan fingerprint density at radius 1 is 1.58 bits per heavy atom. The number of nitrogens with zero attached hydrogens (tertiary/aromatic N) is 2. The number of thiazole rings is 1. The van der Waals surface area contributed by atoms with Crippen LogP contribution >= 0.6 is 11.3 Å². The van der Waals surface area contributed by atoms with E-state index >= 15 is 0 Å². The molecule has 0 radical (unpaired) electrons. The maximum atomic E-state index is 5.51. The van der Waals surface area contributed by atoms with Crippen LogP contribution in [0, 0.1) is 0 Å². The number of nitrogens with two attached hydrogens (primary N) is 1. The number of methoxy groups -OCH3 is 1. The van der Waals surface area contributed by atoms with Crippen molar-refractivity contribution in [1.29, 1.82) is 0 Å². The average molecular weight is 187 g/mol. The van der Waals surface area contributed by atoms with Crippen LogP contribution in [0.2, 0.25) is 0 Å². The maximum Gasteiger partial charge on any atom is 0.230 e. The molecule has 0 amide bonds. The number of ether oxygens (including phenoxy) is 1. The van der Waals surface area contributed by atoms with Gasteiger partial charge in [-0.25, -0.2) is 0 Å². The Kier molecular flexibility index (Phi) is 2.88. The second-order valence-electron chi connectivity index (χ2n) is 2.53. The molecule has 0 saturated heterocycles. The summed E-state index contributed by atoms with van der Waals surface area (Å²) in [6, 6.07) is 0. The lowest BCUT2D eigenvalue weighted by molar-refractivity contribution is 0.396. The molecule has 0 aromatic carbocycles. The molecule has 0 aliphatic rings. The molecule has 2 N–H and O–H groups in total. The highest BCUT2D eigenvalue weighted by Crippen LogP contribution is 2.29. The fraction of sp³-hybridized carbons (Fsp3) is 0.571. The smallest absolute Gasteiger partial charge is 0.230 e. The molecule has 12 heavy (non-hydrogen) atoms. The minimum Gasteiger partial charge on any atom is -0.480 e. The normalized spacial score (nSPS) is 10.0. The van der Waals surface area contributed by atoms with Crippen molar-refractivity contribution in [3.05, 3.63) is 4.88 Å². The Balaban J connectivity index is 2.97. The number of rotatable bonds is 3. The largest absolute Gasteiger partial charge is 0.480 e. The summed E-state index contributed by atoms with van der Waals surface area (Å²) in [4.78, 5) is 7.17. The Morgan fingerprint density at radius 3 is 2.58 bits per heavy atom. The predicted octanol–water partition coefficient (Wildman–Crippen LogP) is 0.676. The van der Waals surface area contributed by atoms with Crippen LogP contribution in [-0.2, 0) is 6.54 Å². The molecule has 0 saturated carbocycles. The Hall–Kier alpha value is -0.810. The summed E-state index contributed by atoms with van der Waals surface area (Å²) >= 11 is 1.56. The van der Waals surface area contributed by atoms with Crippen LogP contribution in [0.15, 0.2) is 0 Å². The predicted molar refractivity (Wildman–Crippen MR) is 50.9 cm³/mol. The van der Waals surface area contributed by atoms with E-state index in [9.17, 15) is 0 Å². The molecule has 0 spiro atoms. The van der Waals surface area contributed by atoms with E-state index in [4.69, 9.17) is 10.5 Å². The molecule has 1 heterocycles. The topological polar surface area (TPSA) is 51.4 Å². The van der Waals surface area contributed by atoms with Gasteiger partial charge < -0.3 is 15.4 Å². The third-order valence-corrected chi connectivity index (χ3v) is 2.64. The van der Waals surface area contributed by atoms with Gasteiger partial charge in [0.2, 0.25) is 5.88 Å². The van der Waals surface area contributed by atoms with E-state index < -0.39 is 0 Å². The second-order valence-corrected chi connectivity index (χ2v) is 3.59. The lowest BCUT2D eigenvalue weighted by Gasteiger charge is -2.04. The highest BCUT2D eigenvalue weighted by atomic mass is 32.1. The number of aromatic nitrogens is 1. The maximum absolute atomic E-state index is 5.51. The lowest BCUT2D eigenvalue weighted by atomic mass is 10.5. The van der Waals surface area contributed by atoms with Gasteiger partial charge in [-0.1, -0.05) is 11.3 Å². The van der Waals surface area contributed by atoms with Crippen LogP contribution in [0.1, 0.15) is 4.88 Å². The van der Waals surface area contributed by atoms with Crippen molar-refractivity contribution in [1.82, 2.24) is 4.98 Å². The summed E-state index contributed by atoms with van der Waals surface area (Å²) in [5.74, 6) is 0.645. The van der Waals surface area contributed by atoms with E-state index in [2.05, 4.69) is 4.98 Å². The molecule has 68 valence electrons. The molecule has 1 aromatic heterocycles. The summed E-state index contributed by atoms with van der Waals surface area (Å²) in [7, 11) is 5.49. The summed E-state index contributed by atoms with van der Waals surface area (Å²) in [5, 5.41) is 0.923. The summed E-state index contributed by atoms with van der Waals surface area (Å²) in [6.45, 7) is 0.481. The standard InChI is InChI=1S/C7H13N3OS/c1-10(2)7-9-6(11-3)5(4-8)12-7/h4,8H2,1-3H3. The van der Waals surface area contributed by atoms with Crippen molar-refractivity contribution in [2.45, 2.75) is 6.54 Å². The number of anilines is 1. The van der Waals surface area contributed by atoms with Crippen molar-refractivity contribution in [3.63, 3.8) is 0 Å². The third kappa shape index (κ3) is 1.67. The minimum atomic E-state index is 0.481. The zero-order chi connectivity index (χ0) is 9.14. The molecular formula is C7H13N3OS. The van der Waals surface area contributed by atoms with Crippen molar-refractivity contribution in [3.8, 4) is 5.88 Å². The first-order chi connectivity index (χ1) is 5.69. The molecule has 1 aromatic rings. The van der Waals surface area contributed by atoms with E-state index in [1.807, 2.05) is 19.0 Å². The van der Waals surface area contributed by atoms with Crippen molar-refractivity contribution < 1.29 is 4.74 Å². The molecule has 0 aliphatic carbocycles. The summed E-state index contributed by atoms with van der Waals surface area (Å²) in [5.41, 5.74) is 5.51. The van der Waals surface area contributed by atoms with Gasteiger partial charge in [-0.05, 0) is 0 Å². The zero-order valence-electron chi connectivity index (χ0n) is 7.50. The quantitative estimate of drug-likeness (QED) is 0.756. The van der Waals surface area contributed by atoms with E-state index in [0.29, 0.717) is 12.4 Å². The van der Waals surface area contributed by atoms with Crippen LogP contribution in [0.3, 0.4) is 0 Å². The Morgan fingerprint density at radius 2 is 2.25 bits per heavy atom. The van der Waals surface area contributed by atoms with Crippen molar-refractivity contribution in [2.75, 3.05) is 26.1 Å². The first-order valence-corrected chi connectivity index (χ1v) is 4.41. The average Bonchev–Trinajstić information content (AvgIpc) is 2.46. The molecule has 0 unspecified atom stereocenters. The SMILES string of the molecule is COc1nc(N(C)C)sc1CN. The van der Waals surface area contributed by atoms with Gasteiger partial charge in [-0.3, -0.25) is 0 Å². The van der Waals surface area contributed by atoms with Crippen LogP contribution in [0.25, 0.3) is 0 Å². The molecule has 5 heteroatoms. The fourth-order valence-electron chi connectivity index (χ4n) is 0.806. The van der Waals surface area contributed by atoms with Gasteiger partial charge in [0, 0.05) is 20.6 Å². The lowest BCUT2D eigenvalue weighted by Crippen LogP contribution is -2.07. The molecule has 0 fully saturated rings. The highest BCUT2D eigenvalue weighted by Gasteiger charge is 2.10. The first kappa shape index (κ1) is 9.28. The Labute approximate surface area is 76.0 Å². The zero-order valence-corrected chi connectivity index (χ0v) is 8.31. The molecule has 0 bridgehead atoms. The van der Waals surface area contributed by atoms with E-state index in [-0.39, 0.29) is 0 Å². The van der Waals surface area contributed by atoms with Gasteiger partial charge in [-0.2, -0.15) is 4.98 Å². The number of hydrogen-bond acceptors (Lipinski definition) is 5.